The van der Waals surface area contributed by atoms with E-state index in [-0.39, 0.29) is 0 Å². The largest absolute Gasteiger partial charge is 0.389 e. The van der Waals surface area contributed by atoms with Gasteiger partial charge in [-0.15, -0.1) is 0 Å². The average molecular weight is 414 g/mol. The number of nitrogens with one attached hydrogen (secondary N) is 1. The predicted octanol–water partition coefficient (Wildman–Crippen LogP) is 5.21. The molecule has 0 unspecified atom stereocenters. The number of nitrogens with two attached hydrogens (primary N) is 1. The summed E-state index contributed by atoms with van der Waals surface area (Å²) in [4.78, 5) is 0.376. The van der Waals surface area contributed by atoms with E-state index in [9.17, 15) is 0 Å². The van der Waals surface area contributed by atoms with Crippen LogP contribution in [0.2, 0.25) is 0 Å². The second kappa shape index (κ2) is 6.24. The van der Waals surface area contributed by atoms with E-state index in [1.165, 1.54) is 0 Å². The molecule has 20 heavy (non-hydrogen) atoms. The quantitative estimate of drug-likeness (QED) is 0.678. The highest BCUT2D eigenvalue weighted by molar-refractivity contribution is 9.10. The van der Waals surface area contributed by atoms with Gasteiger partial charge in [-0.1, -0.05) is 44.1 Å². The van der Waals surface area contributed by atoms with Crippen LogP contribution in [0.15, 0.2) is 39.3 Å². The third kappa shape index (κ3) is 3.40. The van der Waals surface area contributed by atoms with Gasteiger partial charge >= 0.3 is 0 Å². The SMILES string of the molecule is Cc1cc(Br)cc(C)c1Nc1ccc(Br)cc1C(N)=S. The van der Waals surface area contributed by atoms with E-state index in [2.05, 4.69) is 63.2 Å². The number of hydrogen-bond acceptors (Lipinski definition) is 2. The highest BCUT2D eigenvalue weighted by atomic mass is 79.9. The molecule has 0 aliphatic heterocycles. The fourth-order valence-corrected chi connectivity index (χ4v) is 3.29. The Morgan fingerprint density at radius 3 is 2.20 bits per heavy atom. The van der Waals surface area contributed by atoms with Crippen LogP contribution in [-0.2, 0) is 0 Å². The van der Waals surface area contributed by atoms with Crippen LogP contribution in [0, 0.1) is 13.8 Å². The van der Waals surface area contributed by atoms with E-state index in [0.29, 0.717) is 4.99 Å². The summed E-state index contributed by atoms with van der Waals surface area (Å²) in [5.41, 5.74) is 10.9. The Morgan fingerprint density at radius 1 is 1.05 bits per heavy atom. The smallest absolute Gasteiger partial charge is 0.106 e. The van der Waals surface area contributed by atoms with Crippen molar-refractivity contribution < 1.29 is 0 Å². The number of halogens is 2. The summed E-state index contributed by atoms with van der Waals surface area (Å²) in [6, 6.07) is 10.0. The van der Waals surface area contributed by atoms with Crippen molar-refractivity contribution in [3.05, 3.63) is 56.0 Å². The molecule has 104 valence electrons. The predicted molar refractivity (Wildman–Crippen MR) is 96.9 cm³/mol. The number of hydrogen-bond donors (Lipinski definition) is 2. The van der Waals surface area contributed by atoms with Gasteiger partial charge in [0, 0.05) is 25.9 Å². The topological polar surface area (TPSA) is 38.0 Å². The van der Waals surface area contributed by atoms with Gasteiger partial charge in [-0.25, -0.2) is 0 Å². The van der Waals surface area contributed by atoms with Crippen LogP contribution in [0.25, 0.3) is 0 Å². The van der Waals surface area contributed by atoms with Crippen molar-refractivity contribution in [2.24, 2.45) is 5.73 Å². The molecule has 0 saturated carbocycles. The Hall–Kier alpha value is -0.910. The van der Waals surface area contributed by atoms with Crippen LogP contribution in [0.1, 0.15) is 16.7 Å². The third-order valence-electron chi connectivity index (χ3n) is 3.00. The summed E-state index contributed by atoms with van der Waals surface area (Å²) in [5.74, 6) is 0. The van der Waals surface area contributed by atoms with Gasteiger partial charge in [-0.05, 0) is 55.3 Å². The molecular weight excluding hydrogens is 400 g/mol. The molecule has 2 nitrogen and oxygen atoms in total. The lowest BCUT2D eigenvalue weighted by molar-refractivity contribution is 1.34. The highest BCUT2D eigenvalue weighted by Crippen LogP contribution is 2.30. The molecular formula is C15H14Br2N2S. The van der Waals surface area contributed by atoms with Crippen molar-refractivity contribution in [3.63, 3.8) is 0 Å². The summed E-state index contributed by atoms with van der Waals surface area (Å²) in [5, 5.41) is 3.44. The first-order valence-electron chi connectivity index (χ1n) is 6.01. The van der Waals surface area contributed by atoms with Crippen LogP contribution in [0.3, 0.4) is 0 Å². The molecule has 2 rings (SSSR count). The Balaban J connectivity index is 2.48. The molecule has 0 bridgehead atoms. The third-order valence-corrected chi connectivity index (χ3v) is 4.18. The normalized spacial score (nSPS) is 10.4. The van der Waals surface area contributed by atoms with E-state index in [1.807, 2.05) is 18.2 Å². The van der Waals surface area contributed by atoms with Crippen molar-refractivity contribution in [3.8, 4) is 0 Å². The molecule has 2 aromatic rings. The second-order valence-electron chi connectivity index (χ2n) is 4.59. The first-order valence-corrected chi connectivity index (χ1v) is 8.01. The molecule has 3 N–H and O–H groups in total. The van der Waals surface area contributed by atoms with Crippen molar-refractivity contribution in [1.82, 2.24) is 0 Å². The first kappa shape index (κ1) is 15.5. The van der Waals surface area contributed by atoms with E-state index in [0.717, 1.165) is 37.0 Å². The number of benzene rings is 2. The summed E-state index contributed by atoms with van der Waals surface area (Å²) in [6.45, 7) is 4.14. The fourth-order valence-electron chi connectivity index (χ4n) is 2.07. The monoisotopic (exact) mass is 412 g/mol. The zero-order chi connectivity index (χ0) is 14.9. The Bertz CT molecular complexity index is 661. The minimum absolute atomic E-state index is 0.376. The van der Waals surface area contributed by atoms with E-state index in [1.54, 1.807) is 0 Å². The zero-order valence-electron chi connectivity index (χ0n) is 11.1. The van der Waals surface area contributed by atoms with Gasteiger partial charge in [0.15, 0.2) is 0 Å². The van der Waals surface area contributed by atoms with Crippen LogP contribution >= 0.6 is 44.1 Å². The summed E-state index contributed by atoms with van der Waals surface area (Å²) >= 11 is 12.1. The molecule has 0 atom stereocenters. The Kier molecular flexibility index (Phi) is 4.83. The number of thiocarbonyl (C=S) groups is 1. The minimum atomic E-state index is 0.376. The summed E-state index contributed by atoms with van der Waals surface area (Å²) in [6.07, 6.45) is 0. The molecule has 0 heterocycles. The van der Waals surface area contributed by atoms with E-state index < -0.39 is 0 Å². The molecule has 2 aromatic carbocycles. The molecule has 0 saturated heterocycles. The van der Waals surface area contributed by atoms with E-state index in [4.69, 9.17) is 18.0 Å². The average Bonchev–Trinajstić information content (AvgIpc) is 2.34. The van der Waals surface area contributed by atoms with Crippen molar-refractivity contribution in [1.29, 1.82) is 0 Å². The maximum Gasteiger partial charge on any atom is 0.106 e. The van der Waals surface area contributed by atoms with Crippen LogP contribution in [0.5, 0.6) is 0 Å². The standard InChI is InChI=1S/C15H14Br2N2S/c1-8-5-11(17)6-9(2)14(8)19-13-4-3-10(16)7-12(13)15(18)20/h3-7,19H,1-2H3,(H2,18,20). The molecule has 0 aliphatic carbocycles. The fraction of sp³-hybridized carbons (Fsp3) is 0.133. The lowest BCUT2D eigenvalue weighted by Crippen LogP contribution is -2.12. The Morgan fingerprint density at radius 2 is 1.65 bits per heavy atom. The van der Waals surface area contributed by atoms with Gasteiger partial charge in [-0.2, -0.15) is 0 Å². The highest BCUT2D eigenvalue weighted by Gasteiger charge is 2.10. The van der Waals surface area contributed by atoms with Gasteiger partial charge < -0.3 is 11.1 Å². The number of aryl methyl sites for hydroxylation is 2. The van der Waals surface area contributed by atoms with Crippen LogP contribution in [0.4, 0.5) is 11.4 Å². The van der Waals surface area contributed by atoms with Gasteiger partial charge in [0.25, 0.3) is 0 Å². The van der Waals surface area contributed by atoms with Gasteiger partial charge in [0.1, 0.15) is 4.99 Å². The molecule has 0 aromatic heterocycles. The maximum absolute atomic E-state index is 5.80. The molecule has 0 radical (unpaired) electrons. The summed E-state index contributed by atoms with van der Waals surface area (Å²) in [7, 11) is 0. The molecule has 5 heteroatoms. The molecule has 0 fully saturated rings. The maximum atomic E-state index is 5.80. The molecule has 0 spiro atoms. The van der Waals surface area contributed by atoms with E-state index >= 15 is 0 Å². The zero-order valence-corrected chi connectivity index (χ0v) is 15.1. The molecule has 0 amide bonds. The van der Waals surface area contributed by atoms with Gasteiger partial charge in [-0.3, -0.25) is 0 Å². The second-order valence-corrected chi connectivity index (χ2v) is 6.86. The minimum Gasteiger partial charge on any atom is -0.389 e. The van der Waals surface area contributed by atoms with Crippen molar-refractivity contribution >= 4 is 60.4 Å². The van der Waals surface area contributed by atoms with Gasteiger partial charge in [0.2, 0.25) is 0 Å². The van der Waals surface area contributed by atoms with Crippen molar-refractivity contribution in [2.45, 2.75) is 13.8 Å². The van der Waals surface area contributed by atoms with Crippen LogP contribution in [-0.4, -0.2) is 4.99 Å². The molecule has 0 aliphatic rings. The van der Waals surface area contributed by atoms with Crippen molar-refractivity contribution in [2.75, 3.05) is 5.32 Å². The first-order chi connectivity index (χ1) is 9.38. The number of rotatable bonds is 3. The summed E-state index contributed by atoms with van der Waals surface area (Å²) < 4.78 is 2.03. The lowest BCUT2D eigenvalue weighted by atomic mass is 10.1. The Labute approximate surface area is 141 Å². The van der Waals surface area contributed by atoms with Gasteiger partial charge in [0.05, 0.1) is 0 Å². The lowest BCUT2D eigenvalue weighted by Gasteiger charge is -2.16. The van der Waals surface area contributed by atoms with Crippen LogP contribution < -0.4 is 11.1 Å². The number of anilines is 2.